The van der Waals surface area contributed by atoms with Crippen molar-refractivity contribution >= 4 is 0 Å². The van der Waals surface area contributed by atoms with Gasteiger partial charge in [-0.05, 0) is 37.1 Å². The SMILES string of the molecule is CCNC(CC1CC1)C1(C)CCCCC1. The molecule has 2 aliphatic carbocycles. The molecule has 0 aromatic carbocycles. The summed E-state index contributed by atoms with van der Waals surface area (Å²) in [6.07, 6.45) is 11.7. The second-order valence-electron chi connectivity index (χ2n) is 6.00. The van der Waals surface area contributed by atoms with Gasteiger partial charge in [-0.15, -0.1) is 0 Å². The zero-order valence-corrected chi connectivity index (χ0v) is 10.5. The average Bonchev–Trinajstić information content (AvgIpc) is 3.02. The van der Waals surface area contributed by atoms with E-state index in [2.05, 4.69) is 19.2 Å². The van der Waals surface area contributed by atoms with E-state index in [1.807, 2.05) is 0 Å². The fourth-order valence-electron chi connectivity index (χ4n) is 3.26. The summed E-state index contributed by atoms with van der Waals surface area (Å²) in [4.78, 5) is 0. The molecule has 0 amide bonds. The van der Waals surface area contributed by atoms with Gasteiger partial charge in [0, 0.05) is 6.04 Å². The van der Waals surface area contributed by atoms with E-state index < -0.39 is 0 Å². The third-order valence-corrected chi connectivity index (χ3v) is 4.55. The molecule has 0 radical (unpaired) electrons. The summed E-state index contributed by atoms with van der Waals surface area (Å²) in [5, 5.41) is 3.76. The van der Waals surface area contributed by atoms with Crippen LogP contribution in [0.2, 0.25) is 0 Å². The lowest BCUT2D eigenvalue weighted by Gasteiger charge is -2.41. The van der Waals surface area contributed by atoms with E-state index in [0.29, 0.717) is 5.41 Å². The van der Waals surface area contributed by atoms with Gasteiger partial charge in [0.05, 0.1) is 0 Å². The predicted octanol–water partition coefficient (Wildman–Crippen LogP) is 3.74. The quantitative estimate of drug-likeness (QED) is 0.727. The minimum atomic E-state index is 0.608. The van der Waals surface area contributed by atoms with E-state index in [-0.39, 0.29) is 0 Å². The van der Waals surface area contributed by atoms with E-state index in [9.17, 15) is 0 Å². The first kappa shape index (κ1) is 11.4. The van der Waals surface area contributed by atoms with Crippen molar-refractivity contribution in [1.29, 1.82) is 0 Å². The normalized spacial score (nSPS) is 27.6. The van der Waals surface area contributed by atoms with E-state index in [0.717, 1.165) is 18.5 Å². The van der Waals surface area contributed by atoms with Gasteiger partial charge in [0.25, 0.3) is 0 Å². The first-order valence-corrected chi connectivity index (χ1v) is 6.98. The monoisotopic (exact) mass is 209 g/mol. The molecular formula is C14H27N. The van der Waals surface area contributed by atoms with Gasteiger partial charge in [0.1, 0.15) is 0 Å². The number of hydrogen-bond acceptors (Lipinski definition) is 1. The Bertz CT molecular complexity index is 190. The van der Waals surface area contributed by atoms with Crippen molar-refractivity contribution in [2.24, 2.45) is 11.3 Å². The Balaban J connectivity index is 1.93. The molecule has 0 spiro atoms. The van der Waals surface area contributed by atoms with E-state index >= 15 is 0 Å². The van der Waals surface area contributed by atoms with Crippen LogP contribution in [0, 0.1) is 11.3 Å². The summed E-state index contributed by atoms with van der Waals surface area (Å²) < 4.78 is 0. The maximum atomic E-state index is 3.76. The first-order chi connectivity index (χ1) is 7.24. The highest BCUT2D eigenvalue weighted by atomic mass is 14.9. The molecule has 0 aromatic rings. The lowest BCUT2D eigenvalue weighted by Crippen LogP contribution is -2.45. The van der Waals surface area contributed by atoms with Crippen molar-refractivity contribution in [3.8, 4) is 0 Å². The van der Waals surface area contributed by atoms with Crippen LogP contribution in [-0.2, 0) is 0 Å². The molecule has 2 rings (SSSR count). The summed E-state index contributed by atoms with van der Waals surface area (Å²) in [5.41, 5.74) is 0.608. The molecule has 88 valence electrons. The Labute approximate surface area is 95.0 Å². The molecule has 2 saturated carbocycles. The van der Waals surface area contributed by atoms with Gasteiger partial charge < -0.3 is 5.32 Å². The molecule has 1 heteroatoms. The Kier molecular flexibility index (Phi) is 3.71. The summed E-state index contributed by atoms with van der Waals surface area (Å²) in [6.45, 7) is 5.93. The molecule has 2 fully saturated rings. The second kappa shape index (κ2) is 4.86. The zero-order chi connectivity index (χ0) is 10.7. The third kappa shape index (κ3) is 2.96. The largest absolute Gasteiger partial charge is 0.314 e. The summed E-state index contributed by atoms with van der Waals surface area (Å²) >= 11 is 0. The molecular weight excluding hydrogens is 182 g/mol. The minimum Gasteiger partial charge on any atom is -0.314 e. The zero-order valence-electron chi connectivity index (χ0n) is 10.5. The summed E-state index contributed by atoms with van der Waals surface area (Å²) in [7, 11) is 0. The topological polar surface area (TPSA) is 12.0 Å². The third-order valence-electron chi connectivity index (χ3n) is 4.55. The first-order valence-electron chi connectivity index (χ1n) is 6.98. The van der Waals surface area contributed by atoms with Gasteiger partial charge in [-0.3, -0.25) is 0 Å². The molecule has 1 N–H and O–H groups in total. The molecule has 1 atom stereocenters. The van der Waals surface area contributed by atoms with Crippen molar-refractivity contribution in [2.75, 3.05) is 6.54 Å². The number of hydrogen-bond donors (Lipinski definition) is 1. The predicted molar refractivity (Wildman–Crippen MR) is 66.0 cm³/mol. The van der Waals surface area contributed by atoms with Crippen molar-refractivity contribution in [3.63, 3.8) is 0 Å². The van der Waals surface area contributed by atoms with Gasteiger partial charge in [-0.2, -0.15) is 0 Å². The fraction of sp³-hybridized carbons (Fsp3) is 1.00. The van der Waals surface area contributed by atoms with Crippen LogP contribution in [0.5, 0.6) is 0 Å². The Morgan fingerprint density at radius 1 is 1.20 bits per heavy atom. The smallest absolute Gasteiger partial charge is 0.0123 e. The van der Waals surface area contributed by atoms with Crippen molar-refractivity contribution < 1.29 is 0 Å². The van der Waals surface area contributed by atoms with Crippen LogP contribution < -0.4 is 5.32 Å². The standard InChI is InChI=1S/C14H27N/c1-3-15-13(11-12-7-8-12)14(2)9-5-4-6-10-14/h12-13,15H,3-11H2,1-2H3. The fourth-order valence-corrected chi connectivity index (χ4v) is 3.26. The summed E-state index contributed by atoms with van der Waals surface area (Å²) in [5.74, 6) is 1.06. The van der Waals surface area contributed by atoms with Crippen LogP contribution in [0.3, 0.4) is 0 Å². The second-order valence-corrected chi connectivity index (χ2v) is 6.00. The molecule has 0 bridgehead atoms. The van der Waals surface area contributed by atoms with Gasteiger partial charge in [-0.25, -0.2) is 0 Å². The summed E-state index contributed by atoms with van der Waals surface area (Å²) in [6, 6.07) is 0.801. The van der Waals surface area contributed by atoms with Gasteiger partial charge >= 0.3 is 0 Å². The van der Waals surface area contributed by atoms with Crippen LogP contribution >= 0.6 is 0 Å². The highest BCUT2D eigenvalue weighted by molar-refractivity contribution is 4.93. The van der Waals surface area contributed by atoms with Crippen molar-refractivity contribution in [3.05, 3.63) is 0 Å². The molecule has 2 aliphatic rings. The van der Waals surface area contributed by atoms with Gasteiger partial charge in [-0.1, -0.05) is 46.0 Å². The van der Waals surface area contributed by atoms with E-state index in [4.69, 9.17) is 0 Å². The Morgan fingerprint density at radius 2 is 1.87 bits per heavy atom. The maximum absolute atomic E-state index is 3.76. The van der Waals surface area contributed by atoms with Crippen molar-refractivity contribution in [1.82, 2.24) is 5.32 Å². The molecule has 15 heavy (non-hydrogen) atoms. The molecule has 0 aromatic heterocycles. The van der Waals surface area contributed by atoms with E-state index in [1.165, 1.54) is 51.4 Å². The highest BCUT2D eigenvalue weighted by Gasteiger charge is 2.38. The Morgan fingerprint density at radius 3 is 2.40 bits per heavy atom. The van der Waals surface area contributed by atoms with Gasteiger partial charge in [0.2, 0.25) is 0 Å². The molecule has 1 nitrogen and oxygen atoms in total. The van der Waals surface area contributed by atoms with Gasteiger partial charge in [0.15, 0.2) is 0 Å². The van der Waals surface area contributed by atoms with Crippen LogP contribution in [0.25, 0.3) is 0 Å². The van der Waals surface area contributed by atoms with Crippen molar-refractivity contribution in [2.45, 2.75) is 71.3 Å². The average molecular weight is 209 g/mol. The number of rotatable bonds is 5. The molecule has 0 saturated heterocycles. The number of nitrogens with one attached hydrogen (secondary N) is 1. The van der Waals surface area contributed by atoms with Crippen LogP contribution in [0.15, 0.2) is 0 Å². The van der Waals surface area contributed by atoms with Crippen LogP contribution in [-0.4, -0.2) is 12.6 Å². The van der Waals surface area contributed by atoms with Crippen LogP contribution in [0.1, 0.15) is 65.2 Å². The highest BCUT2D eigenvalue weighted by Crippen LogP contribution is 2.44. The molecule has 0 heterocycles. The van der Waals surface area contributed by atoms with Crippen LogP contribution in [0.4, 0.5) is 0 Å². The Hall–Kier alpha value is -0.0400. The van der Waals surface area contributed by atoms with E-state index in [1.54, 1.807) is 0 Å². The lowest BCUT2D eigenvalue weighted by atomic mass is 9.69. The maximum Gasteiger partial charge on any atom is 0.0123 e. The minimum absolute atomic E-state index is 0.608. The lowest BCUT2D eigenvalue weighted by molar-refractivity contribution is 0.135. The molecule has 0 aliphatic heterocycles. The molecule has 1 unspecified atom stereocenters.